The van der Waals surface area contributed by atoms with Crippen LogP contribution in [0, 0.1) is 13.8 Å². The Hall–Kier alpha value is -3.56. The zero-order valence-electron chi connectivity index (χ0n) is 24.6. The summed E-state index contributed by atoms with van der Waals surface area (Å²) in [6, 6.07) is 17.6. The number of methoxy groups -OCH3 is 1. The van der Waals surface area contributed by atoms with Gasteiger partial charge in [-0.25, -0.2) is 8.42 Å². The monoisotopic (exact) mass is 599 g/mol. The predicted molar refractivity (Wildman–Crippen MR) is 163 cm³/mol. The van der Waals surface area contributed by atoms with Crippen molar-refractivity contribution >= 4 is 39.1 Å². The van der Waals surface area contributed by atoms with E-state index in [4.69, 9.17) is 16.3 Å². The molecule has 3 aromatic carbocycles. The molecule has 0 aromatic heterocycles. The second-order valence-electron chi connectivity index (χ2n) is 11.0. The third kappa shape index (κ3) is 8.01. The van der Waals surface area contributed by atoms with Gasteiger partial charge < -0.3 is 15.0 Å². The normalized spacial score (nSPS) is 12.4. The van der Waals surface area contributed by atoms with Crippen molar-refractivity contribution in [2.45, 2.75) is 64.6 Å². The molecule has 3 rings (SSSR count). The average molecular weight is 600 g/mol. The first-order valence-corrected chi connectivity index (χ1v) is 15.0. The minimum atomic E-state index is -4.23. The van der Waals surface area contributed by atoms with Crippen LogP contribution in [0.25, 0.3) is 0 Å². The van der Waals surface area contributed by atoms with Gasteiger partial charge in [0.2, 0.25) is 11.8 Å². The number of halogens is 1. The van der Waals surface area contributed by atoms with Gasteiger partial charge in [0.25, 0.3) is 10.0 Å². The second-order valence-corrected chi connectivity index (χ2v) is 13.3. The highest BCUT2D eigenvalue weighted by Crippen LogP contribution is 2.34. The molecule has 2 amide bonds. The first-order chi connectivity index (χ1) is 19.1. The number of carbonyl (C=O) groups is 2. The molecule has 0 aliphatic carbocycles. The molecule has 0 spiro atoms. The Morgan fingerprint density at radius 2 is 1.59 bits per heavy atom. The maximum atomic E-state index is 14.1. The van der Waals surface area contributed by atoms with Gasteiger partial charge in [0.1, 0.15) is 18.3 Å². The third-order valence-corrected chi connectivity index (χ3v) is 8.60. The molecule has 41 heavy (non-hydrogen) atoms. The van der Waals surface area contributed by atoms with Gasteiger partial charge in [0.15, 0.2) is 0 Å². The number of nitrogens with one attached hydrogen (secondary N) is 1. The van der Waals surface area contributed by atoms with Gasteiger partial charge in [-0.1, -0.05) is 53.6 Å². The largest absolute Gasteiger partial charge is 0.495 e. The van der Waals surface area contributed by atoms with E-state index in [0.717, 1.165) is 15.4 Å². The molecule has 0 saturated heterocycles. The Morgan fingerprint density at radius 1 is 0.976 bits per heavy atom. The van der Waals surface area contributed by atoms with E-state index in [1.54, 1.807) is 61.5 Å². The Bertz CT molecular complexity index is 1500. The number of aryl methyl sites for hydroxylation is 2. The van der Waals surface area contributed by atoms with Crippen LogP contribution in [0.1, 0.15) is 44.4 Å². The van der Waals surface area contributed by atoms with E-state index in [1.807, 2.05) is 34.6 Å². The fourth-order valence-electron chi connectivity index (χ4n) is 4.21. The minimum absolute atomic E-state index is 0.000603. The maximum Gasteiger partial charge on any atom is 0.264 e. The molecule has 0 unspecified atom stereocenters. The number of sulfonamides is 1. The van der Waals surface area contributed by atoms with Crippen molar-refractivity contribution in [2.75, 3.05) is 18.0 Å². The molecular formula is C31H38ClN3O5S. The van der Waals surface area contributed by atoms with Crippen LogP contribution in [-0.2, 0) is 26.2 Å². The first-order valence-electron chi connectivity index (χ1n) is 13.2. The molecule has 220 valence electrons. The van der Waals surface area contributed by atoms with E-state index < -0.39 is 34.1 Å². The highest BCUT2D eigenvalue weighted by atomic mass is 35.5. The molecule has 0 heterocycles. The summed E-state index contributed by atoms with van der Waals surface area (Å²) in [4.78, 5) is 28.7. The summed E-state index contributed by atoms with van der Waals surface area (Å²) in [7, 11) is -2.79. The van der Waals surface area contributed by atoms with E-state index in [-0.39, 0.29) is 28.8 Å². The number of anilines is 1. The van der Waals surface area contributed by atoms with Crippen LogP contribution in [-0.4, -0.2) is 50.4 Å². The van der Waals surface area contributed by atoms with E-state index in [2.05, 4.69) is 5.32 Å². The summed E-state index contributed by atoms with van der Waals surface area (Å²) < 4.78 is 34.7. The highest BCUT2D eigenvalue weighted by molar-refractivity contribution is 7.92. The molecule has 0 fully saturated rings. The molecule has 1 atom stereocenters. The van der Waals surface area contributed by atoms with Crippen LogP contribution in [0.4, 0.5) is 5.69 Å². The van der Waals surface area contributed by atoms with Crippen molar-refractivity contribution in [3.05, 3.63) is 88.4 Å². The van der Waals surface area contributed by atoms with Gasteiger partial charge in [-0.2, -0.15) is 0 Å². The second kappa shape index (κ2) is 13.0. The number of hydrogen-bond donors (Lipinski definition) is 1. The van der Waals surface area contributed by atoms with Crippen molar-refractivity contribution in [1.82, 2.24) is 10.2 Å². The Kier molecular flexibility index (Phi) is 10.1. The predicted octanol–water partition coefficient (Wildman–Crippen LogP) is 5.49. The van der Waals surface area contributed by atoms with Gasteiger partial charge in [-0.3, -0.25) is 13.9 Å². The van der Waals surface area contributed by atoms with Crippen LogP contribution >= 0.6 is 11.6 Å². The lowest BCUT2D eigenvalue weighted by Crippen LogP contribution is -2.54. The maximum absolute atomic E-state index is 14.1. The number of rotatable bonds is 10. The standard InChI is InChI=1S/C31H38ClN3O5S/c1-21-12-15-25(16-13-21)41(38,39)35(27-18-22(2)14-17-28(27)40-7)20-29(36)34(19-24-10-8-9-11-26(24)32)23(3)30(37)33-31(4,5)6/h8-18,23H,19-20H2,1-7H3,(H,33,37)/t23-/m0/s1. The summed E-state index contributed by atoms with van der Waals surface area (Å²) in [6.07, 6.45) is 0. The van der Waals surface area contributed by atoms with E-state index in [0.29, 0.717) is 10.6 Å². The van der Waals surface area contributed by atoms with Crippen molar-refractivity contribution in [3.8, 4) is 5.75 Å². The molecule has 8 nitrogen and oxygen atoms in total. The first kappa shape index (κ1) is 32.0. The van der Waals surface area contributed by atoms with E-state index in [1.165, 1.54) is 24.1 Å². The number of benzene rings is 3. The zero-order chi connectivity index (χ0) is 30.5. The van der Waals surface area contributed by atoms with Crippen LogP contribution in [0.5, 0.6) is 5.75 Å². The number of amides is 2. The highest BCUT2D eigenvalue weighted by Gasteiger charge is 2.34. The van der Waals surface area contributed by atoms with Gasteiger partial charge in [-0.05, 0) is 83.0 Å². The third-order valence-electron chi connectivity index (χ3n) is 6.45. The lowest BCUT2D eigenvalue weighted by Gasteiger charge is -2.34. The molecule has 3 aromatic rings. The van der Waals surface area contributed by atoms with Crippen LogP contribution in [0.2, 0.25) is 5.02 Å². The Balaban J connectivity index is 2.12. The summed E-state index contributed by atoms with van der Waals surface area (Å²) in [5.41, 5.74) is 1.97. The molecule has 0 bridgehead atoms. The number of hydrogen-bond acceptors (Lipinski definition) is 5. The molecule has 0 radical (unpaired) electrons. The average Bonchev–Trinajstić information content (AvgIpc) is 2.90. The lowest BCUT2D eigenvalue weighted by atomic mass is 10.1. The molecule has 0 aliphatic rings. The Morgan fingerprint density at radius 3 is 2.17 bits per heavy atom. The number of nitrogens with zero attached hydrogens (tertiary/aromatic N) is 2. The minimum Gasteiger partial charge on any atom is -0.495 e. The number of ether oxygens (including phenoxy) is 1. The summed E-state index contributed by atoms with van der Waals surface area (Å²) >= 11 is 6.43. The van der Waals surface area contributed by atoms with Gasteiger partial charge in [0.05, 0.1) is 17.7 Å². The summed E-state index contributed by atoms with van der Waals surface area (Å²) in [5, 5.41) is 3.34. The van der Waals surface area contributed by atoms with Crippen LogP contribution in [0.15, 0.2) is 71.6 Å². The SMILES string of the molecule is COc1ccc(C)cc1N(CC(=O)N(Cc1ccccc1Cl)[C@@H](C)C(=O)NC(C)(C)C)S(=O)(=O)c1ccc(C)cc1. The molecule has 1 N–H and O–H groups in total. The molecule has 0 aliphatic heterocycles. The van der Waals surface area contributed by atoms with Crippen molar-refractivity contribution < 1.29 is 22.7 Å². The van der Waals surface area contributed by atoms with Crippen molar-refractivity contribution in [2.24, 2.45) is 0 Å². The van der Waals surface area contributed by atoms with E-state index >= 15 is 0 Å². The fourth-order valence-corrected chi connectivity index (χ4v) is 5.82. The van der Waals surface area contributed by atoms with Gasteiger partial charge in [0, 0.05) is 17.1 Å². The Labute approximate surface area is 248 Å². The molecular weight excluding hydrogens is 562 g/mol. The molecule has 0 saturated carbocycles. The summed E-state index contributed by atoms with van der Waals surface area (Å²) in [5.74, 6) is -0.671. The van der Waals surface area contributed by atoms with Crippen LogP contribution < -0.4 is 14.4 Å². The van der Waals surface area contributed by atoms with Gasteiger partial charge >= 0.3 is 0 Å². The lowest BCUT2D eigenvalue weighted by molar-refractivity contribution is -0.140. The summed E-state index contributed by atoms with van der Waals surface area (Å²) in [6.45, 7) is 10.3. The van der Waals surface area contributed by atoms with E-state index in [9.17, 15) is 18.0 Å². The molecule has 10 heteroatoms. The van der Waals surface area contributed by atoms with Crippen molar-refractivity contribution in [1.29, 1.82) is 0 Å². The number of carbonyl (C=O) groups excluding carboxylic acids is 2. The fraction of sp³-hybridized carbons (Fsp3) is 0.355. The smallest absolute Gasteiger partial charge is 0.264 e. The van der Waals surface area contributed by atoms with Crippen LogP contribution in [0.3, 0.4) is 0 Å². The van der Waals surface area contributed by atoms with Gasteiger partial charge in [-0.15, -0.1) is 0 Å². The van der Waals surface area contributed by atoms with Crippen molar-refractivity contribution in [3.63, 3.8) is 0 Å². The topological polar surface area (TPSA) is 96.0 Å². The zero-order valence-corrected chi connectivity index (χ0v) is 26.1. The quantitative estimate of drug-likeness (QED) is 0.332.